The van der Waals surface area contributed by atoms with E-state index in [0.29, 0.717) is 19.5 Å². The lowest BCUT2D eigenvalue weighted by atomic mass is 9.93. The summed E-state index contributed by atoms with van der Waals surface area (Å²) in [6, 6.07) is 0. The predicted octanol–water partition coefficient (Wildman–Crippen LogP) is 0.371. The second-order valence-electron chi connectivity index (χ2n) is 5.44. The van der Waals surface area contributed by atoms with E-state index >= 15 is 0 Å². The number of carbonyl (C=O) groups excluding carboxylic acids is 1. The maximum Gasteiger partial charge on any atom is 0.303 e. The second kappa shape index (κ2) is 7.74. The van der Waals surface area contributed by atoms with Crippen molar-refractivity contribution in [2.45, 2.75) is 32.6 Å². The van der Waals surface area contributed by atoms with E-state index in [9.17, 15) is 18.0 Å². The molecule has 0 aliphatic carbocycles. The molecule has 1 aliphatic heterocycles. The number of likely N-dealkylation sites (N-methyl/N-ethyl adjacent to an activating group) is 1. The van der Waals surface area contributed by atoms with Crippen LogP contribution in [-0.2, 0) is 19.6 Å². The number of sulfonamides is 1. The van der Waals surface area contributed by atoms with Gasteiger partial charge in [0.1, 0.15) is 0 Å². The molecule has 1 aliphatic rings. The first kappa shape index (κ1) is 17.9. The van der Waals surface area contributed by atoms with Gasteiger partial charge < -0.3 is 10.0 Å². The Balaban J connectivity index is 2.52. The Labute approximate surface area is 126 Å². The number of amides is 1. The standard InChI is InChI=1S/C13H24N2O5S/c1-3-21(19,20)14(2)10-12(16)15-8-4-5-11(9-15)6-7-13(17)18/h11H,3-10H2,1-2H3,(H,17,18). The van der Waals surface area contributed by atoms with Gasteiger partial charge in [0.2, 0.25) is 15.9 Å². The van der Waals surface area contributed by atoms with E-state index in [-0.39, 0.29) is 30.5 Å². The molecule has 122 valence electrons. The van der Waals surface area contributed by atoms with Crippen LogP contribution in [-0.4, -0.2) is 67.0 Å². The lowest BCUT2D eigenvalue weighted by Gasteiger charge is -2.33. The number of likely N-dealkylation sites (tertiary alicyclic amines) is 1. The molecule has 1 rings (SSSR count). The summed E-state index contributed by atoms with van der Waals surface area (Å²) in [4.78, 5) is 24.4. The molecule has 1 N–H and O–H groups in total. The Morgan fingerprint density at radius 2 is 2.05 bits per heavy atom. The second-order valence-corrected chi connectivity index (χ2v) is 7.80. The Bertz CT molecular complexity index is 477. The fourth-order valence-corrected chi connectivity index (χ4v) is 3.21. The number of aliphatic carboxylic acids is 1. The molecule has 1 amide bonds. The first-order chi connectivity index (χ1) is 9.76. The molecule has 1 atom stereocenters. The van der Waals surface area contributed by atoms with Gasteiger partial charge in [-0.15, -0.1) is 0 Å². The van der Waals surface area contributed by atoms with Crippen molar-refractivity contribution in [2.75, 3.05) is 32.4 Å². The summed E-state index contributed by atoms with van der Waals surface area (Å²) >= 11 is 0. The van der Waals surface area contributed by atoms with Crippen molar-refractivity contribution in [3.05, 3.63) is 0 Å². The van der Waals surface area contributed by atoms with Crippen molar-refractivity contribution in [2.24, 2.45) is 5.92 Å². The van der Waals surface area contributed by atoms with Crippen molar-refractivity contribution in [1.82, 2.24) is 9.21 Å². The van der Waals surface area contributed by atoms with Gasteiger partial charge in [0, 0.05) is 26.6 Å². The highest BCUT2D eigenvalue weighted by Crippen LogP contribution is 2.21. The Morgan fingerprint density at radius 3 is 2.62 bits per heavy atom. The minimum Gasteiger partial charge on any atom is -0.481 e. The quantitative estimate of drug-likeness (QED) is 0.731. The zero-order valence-electron chi connectivity index (χ0n) is 12.6. The van der Waals surface area contributed by atoms with Gasteiger partial charge in [-0.2, -0.15) is 4.31 Å². The van der Waals surface area contributed by atoms with Gasteiger partial charge in [-0.1, -0.05) is 0 Å². The van der Waals surface area contributed by atoms with E-state index in [4.69, 9.17) is 5.11 Å². The van der Waals surface area contributed by atoms with Crippen LogP contribution in [0.5, 0.6) is 0 Å². The summed E-state index contributed by atoms with van der Waals surface area (Å²) in [5.74, 6) is -0.883. The highest BCUT2D eigenvalue weighted by molar-refractivity contribution is 7.89. The Hall–Kier alpha value is -1.15. The van der Waals surface area contributed by atoms with Gasteiger partial charge in [0.05, 0.1) is 12.3 Å². The highest BCUT2D eigenvalue weighted by atomic mass is 32.2. The van der Waals surface area contributed by atoms with Crippen LogP contribution in [0.2, 0.25) is 0 Å². The van der Waals surface area contributed by atoms with Crippen LogP contribution >= 0.6 is 0 Å². The molecule has 0 saturated carbocycles. The van der Waals surface area contributed by atoms with Gasteiger partial charge in [0.15, 0.2) is 0 Å². The van der Waals surface area contributed by atoms with Crippen molar-refractivity contribution >= 4 is 21.9 Å². The largest absolute Gasteiger partial charge is 0.481 e. The van der Waals surface area contributed by atoms with E-state index in [1.807, 2.05) is 0 Å². The summed E-state index contributed by atoms with van der Waals surface area (Å²) < 4.78 is 24.4. The molecular weight excluding hydrogens is 296 g/mol. The fourth-order valence-electron chi connectivity index (χ4n) is 2.46. The molecule has 1 saturated heterocycles. The number of hydrogen-bond acceptors (Lipinski definition) is 4. The van der Waals surface area contributed by atoms with E-state index < -0.39 is 16.0 Å². The normalized spacial score (nSPS) is 19.8. The van der Waals surface area contributed by atoms with Gasteiger partial charge in [-0.25, -0.2) is 8.42 Å². The van der Waals surface area contributed by atoms with E-state index in [0.717, 1.165) is 17.1 Å². The number of carboxylic acids is 1. The summed E-state index contributed by atoms with van der Waals surface area (Å²) in [7, 11) is -1.95. The molecule has 0 aromatic rings. The predicted molar refractivity (Wildman–Crippen MR) is 78.3 cm³/mol. The number of hydrogen-bond donors (Lipinski definition) is 1. The van der Waals surface area contributed by atoms with E-state index in [1.54, 1.807) is 11.8 Å². The maximum absolute atomic E-state index is 12.2. The molecular formula is C13H24N2O5S. The third-order valence-corrected chi connectivity index (χ3v) is 5.64. The number of rotatable bonds is 7. The number of carboxylic acid groups (broad SMARTS) is 1. The molecule has 1 fully saturated rings. The fraction of sp³-hybridized carbons (Fsp3) is 0.846. The molecule has 21 heavy (non-hydrogen) atoms. The number of piperidine rings is 1. The van der Waals surface area contributed by atoms with Crippen molar-refractivity contribution in [3.63, 3.8) is 0 Å². The summed E-state index contributed by atoms with van der Waals surface area (Å²) in [5.41, 5.74) is 0. The van der Waals surface area contributed by atoms with Crippen LogP contribution in [0.15, 0.2) is 0 Å². The molecule has 1 unspecified atom stereocenters. The van der Waals surface area contributed by atoms with Crippen molar-refractivity contribution in [1.29, 1.82) is 0 Å². The number of carbonyl (C=O) groups is 2. The van der Waals surface area contributed by atoms with E-state index in [2.05, 4.69) is 0 Å². The third-order valence-electron chi connectivity index (χ3n) is 3.84. The van der Waals surface area contributed by atoms with Crippen LogP contribution < -0.4 is 0 Å². The lowest BCUT2D eigenvalue weighted by molar-refractivity contribution is -0.137. The molecule has 0 aromatic heterocycles. The monoisotopic (exact) mass is 320 g/mol. The first-order valence-corrected chi connectivity index (χ1v) is 8.80. The molecule has 8 heteroatoms. The van der Waals surface area contributed by atoms with Gasteiger partial charge >= 0.3 is 5.97 Å². The summed E-state index contributed by atoms with van der Waals surface area (Å²) in [5, 5.41) is 8.70. The van der Waals surface area contributed by atoms with Crippen LogP contribution in [0.1, 0.15) is 32.6 Å². The topological polar surface area (TPSA) is 95.0 Å². The average molecular weight is 320 g/mol. The van der Waals surface area contributed by atoms with Gasteiger partial charge in [-0.3, -0.25) is 9.59 Å². The van der Waals surface area contributed by atoms with E-state index in [1.165, 1.54) is 7.05 Å². The lowest BCUT2D eigenvalue weighted by Crippen LogP contribution is -2.45. The molecule has 0 radical (unpaired) electrons. The molecule has 0 aromatic carbocycles. The summed E-state index contributed by atoms with van der Waals surface area (Å²) in [6.07, 6.45) is 2.42. The average Bonchev–Trinajstić information content (AvgIpc) is 2.45. The van der Waals surface area contributed by atoms with Gasteiger partial charge in [-0.05, 0) is 32.1 Å². The van der Waals surface area contributed by atoms with Crippen LogP contribution in [0, 0.1) is 5.92 Å². The molecule has 0 spiro atoms. The van der Waals surface area contributed by atoms with Crippen LogP contribution in [0.25, 0.3) is 0 Å². The molecule has 0 bridgehead atoms. The zero-order valence-corrected chi connectivity index (χ0v) is 13.4. The highest BCUT2D eigenvalue weighted by Gasteiger charge is 2.26. The SMILES string of the molecule is CCS(=O)(=O)N(C)CC(=O)N1CCCC(CCC(=O)O)C1. The minimum absolute atomic E-state index is 0.0297. The first-order valence-electron chi connectivity index (χ1n) is 7.19. The zero-order chi connectivity index (χ0) is 16.0. The maximum atomic E-state index is 12.2. The van der Waals surface area contributed by atoms with Gasteiger partial charge in [0.25, 0.3) is 0 Å². The number of nitrogens with zero attached hydrogens (tertiary/aromatic N) is 2. The van der Waals surface area contributed by atoms with Crippen molar-refractivity contribution in [3.8, 4) is 0 Å². The third kappa shape index (κ3) is 5.62. The summed E-state index contributed by atoms with van der Waals surface area (Å²) in [6.45, 7) is 2.52. The van der Waals surface area contributed by atoms with Crippen LogP contribution in [0.4, 0.5) is 0 Å². The molecule has 1 heterocycles. The van der Waals surface area contributed by atoms with Crippen LogP contribution in [0.3, 0.4) is 0 Å². The molecule has 7 nitrogen and oxygen atoms in total. The Morgan fingerprint density at radius 1 is 1.38 bits per heavy atom. The smallest absolute Gasteiger partial charge is 0.303 e. The minimum atomic E-state index is -3.36. The van der Waals surface area contributed by atoms with Crippen molar-refractivity contribution < 1.29 is 23.1 Å². The Kier molecular flexibility index (Phi) is 6.60.